The molecular formula is C46H30N4. The molecule has 0 amide bonds. The molecule has 3 aliphatic rings. The van der Waals surface area contributed by atoms with Crippen LogP contribution in [0.2, 0.25) is 0 Å². The maximum atomic E-state index is 5.98. The number of aromatic nitrogens is 2. The van der Waals surface area contributed by atoms with Crippen molar-refractivity contribution in [3.05, 3.63) is 172 Å². The topological polar surface area (TPSA) is 42.5 Å². The summed E-state index contributed by atoms with van der Waals surface area (Å²) in [5.41, 5.74) is 9.68. The van der Waals surface area contributed by atoms with Crippen molar-refractivity contribution in [2.45, 2.75) is 31.5 Å². The van der Waals surface area contributed by atoms with Crippen LogP contribution in [0.1, 0.15) is 27.8 Å². The van der Waals surface area contributed by atoms with Crippen LogP contribution in [-0.2, 0) is 31.5 Å². The summed E-state index contributed by atoms with van der Waals surface area (Å²) >= 11 is 0. The molecule has 12 rings (SSSR count). The third-order valence-corrected chi connectivity index (χ3v) is 11.6. The molecular weight excluding hydrogens is 609 g/mol. The Bertz CT molecular complexity index is 3040. The number of nitrogens with zero attached hydrogens (tertiary/aromatic N) is 4. The van der Waals surface area contributed by atoms with E-state index in [1.54, 1.807) is 0 Å². The molecule has 0 unspecified atom stereocenters. The summed E-state index contributed by atoms with van der Waals surface area (Å²) in [5.74, 6) is -0.176. The lowest BCUT2D eigenvalue weighted by molar-refractivity contribution is 0.401. The summed E-state index contributed by atoms with van der Waals surface area (Å²) in [4.78, 5) is 17.7. The number of hydrogen-bond donors (Lipinski definition) is 0. The molecule has 0 saturated carbocycles. The second-order valence-corrected chi connectivity index (χ2v) is 14.2. The number of hydrogen-bond acceptors (Lipinski definition) is 3. The van der Waals surface area contributed by atoms with Crippen molar-refractivity contribution in [1.82, 2.24) is 9.55 Å². The minimum atomic E-state index is -1.11. The molecule has 50 heavy (non-hydrogen) atoms. The van der Waals surface area contributed by atoms with E-state index >= 15 is 0 Å². The normalized spacial score (nSPS) is 15.4. The summed E-state index contributed by atoms with van der Waals surface area (Å²) in [6, 6.07) is 49.2. The van der Waals surface area contributed by atoms with E-state index in [9.17, 15) is 0 Å². The first-order valence-corrected chi connectivity index (χ1v) is 17.7. The molecule has 0 radical (unpaired) electrons. The van der Waals surface area contributed by atoms with Gasteiger partial charge in [0.05, 0.1) is 21.7 Å². The Morgan fingerprint density at radius 2 is 0.960 bits per heavy atom. The Balaban J connectivity index is 1.40. The number of rotatable bonds is 0. The highest BCUT2D eigenvalue weighted by Crippen LogP contribution is 2.47. The van der Waals surface area contributed by atoms with Gasteiger partial charge >= 0.3 is 0 Å². The van der Waals surface area contributed by atoms with Crippen molar-refractivity contribution in [1.29, 1.82) is 0 Å². The highest BCUT2D eigenvalue weighted by molar-refractivity contribution is 6.24. The second-order valence-electron chi connectivity index (χ2n) is 14.2. The molecule has 4 nitrogen and oxygen atoms in total. The van der Waals surface area contributed by atoms with Crippen molar-refractivity contribution in [3.63, 3.8) is 0 Å². The van der Waals surface area contributed by atoms with Gasteiger partial charge in [-0.15, -0.1) is 0 Å². The van der Waals surface area contributed by atoms with Crippen LogP contribution >= 0.6 is 0 Å². The van der Waals surface area contributed by atoms with E-state index in [1.807, 2.05) is 0 Å². The molecule has 0 N–H and O–H groups in total. The van der Waals surface area contributed by atoms with Gasteiger partial charge in [0.25, 0.3) is 5.79 Å². The zero-order chi connectivity index (χ0) is 32.6. The lowest BCUT2D eigenvalue weighted by atomic mass is 9.90. The standard InChI is InChI=1S/C46H30N4/c1-5-13-35-31(9-1)32-10-2-6-14-36(32)42-41(35)48-46(49-42)40-26-28-18-17-27-19-21-29(23-24-30(40)22-20-28)39(25-27)45-47-43-37-15-7-3-11-33(37)34-12-4-8-16-38(34)44(43)50(45)46/h1-16,19-22,25-26H,17-18,23-24H2. The van der Waals surface area contributed by atoms with Gasteiger partial charge in [-0.1, -0.05) is 121 Å². The summed E-state index contributed by atoms with van der Waals surface area (Å²) < 4.78 is 2.45. The first-order valence-electron chi connectivity index (χ1n) is 17.7. The molecule has 1 spiro atoms. The van der Waals surface area contributed by atoms with E-state index in [1.165, 1.54) is 54.7 Å². The van der Waals surface area contributed by atoms with Crippen LogP contribution in [0.5, 0.6) is 0 Å². The van der Waals surface area contributed by atoms with Crippen LogP contribution in [0.3, 0.4) is 0 Å². The van der Waals surface area contributed by atoms with Crippen molar-refractivity contribution < 1.29 is 0 Å². The third kappa shape index (κ3) is 3.38. The Kier molecular flexibility index (Phi) is 5.10. The number of imidazole rings is 1. The van der Waals surface area contributed by atoms with Crippen molar-refractivity contribution >= 4 is 54.1 Å². The molecule has 4 heterocycles. The fourth-order valence-corrected chi connectivity index (χ4v) is 9.27. The number of benzene rings is 8. The first-order chi connectivity index (χ1) is 24.7. The van der Waals surface area contributed by atoms with Gasteiger partial charge in [-0.2, -0.15) is 0 Å². The molecule has 4 heteroatoms. The van der Waals surface area contributed by atoms with E-state index in [0.29, 0.717) is 0 Å². The van der Waals surface area contributed by atoms with Crippen molar-refractivity contribution in [3.8, 4) is 11.4 Å². The van der Waals surface area contributed by atoms with Gasteiger partial charge < -0.3 is 0 Å². The SMILES string of the molecule is c1ccc2c(c1)c1c(c3ccccc32)=NC2(N=1)c1cc3ccc1CCc1ccc(cc1-c1nc4c5ccccc5c5ccccc5c4n12)CC3. The van der Waals surface area contributed by atoms with Gasteiger partial charge in [0.1, 0.15) is 5.82 Å². The van der Waals surface area contributed by atoms with E-state index in [4.69, 9.17) is 15.0 Å². The fourth-order valence-electron chi connectivity index (χ4n) is 9.27. The summed E-state index contributed by atoms with van der Waals surface area (Å²) in [6.45, 7) is 0. The van der Waals surface area contributed by atoms with Crippen LogP contribution < -0.4 is 10.7 Å². The fraction of sp³-hybridized carbons (Fsp3) is 0.109. The molecule has 4 bridgehead atoms. The molecule has 8 aromatic carbocycles. The van der Waals surface area contributed by atoms with E-state index in [-0.39, 0.29) is 0 Å². The summed E-state index contributed by atoms with van der Waals surface area (Å²) in [7, 11) is 0. The molecule has 0 aliphatic carbocycles. The zero-order valence-electron chi connectivity index (χ0n) is 27.3. The monoisotopic (exact) mass is 638 g/mol. The molecule has 1 aromatic heterocycles. The minimum absolute atomic E-state index is 0.902. The second kappa shape index (κ2) is 9.52. The van der Waals surface area contributed by atoms with Gasteiger partial charge in [0.15, 0.2) is 0 Å². The van der Waals surface area contributed by atoms with Crippen LogP contribution in [-0.4, -0.2) is 9.55 Å². The lowest BCUT2D eigenvalue weighted by Gasteiger charge is -2.30. The van der Waals surface area contributed by atoms with Crippen LogP contribution in [0.25, 0.3) is 65.5 Å². The van der Waals surface area contributed by atoms with E-state index in [0.717, 1.165) is 75.0 Å². The Morgan fingerprint density at radius 1 is 0.460 bits per heavy atom. The Morgan fingerprint density at radius 3 is 1.62 bits per heavy atom. The third-order valence-electron chi connectivity index (χ3n) is 11.6. The summed E-state index contributed by atoms with van der Waals surface area (Å²) in [5, 5.41) is 11.3. The highest BCUT2D eigenvalue weighted by atomic mass is 15.4. The van der Waals surface area contributed by atoms with Crippen molar-refractivity contribution in [2.75, 3.05) is 0 Å². The van der Waals surface area contributed by atoms with Gasteiger partial charge in [-0.25, -0.2) is 15.0 Å². The maximum Gasteiger partial charge on any atom is 0.261 e. The first kappa shape index (κ1) is 26.8. The summed E-state index contributed by atoms with van der Waals surface area (Å²) in [6.07, 6.45) is 3.74. The molecule has 0 saturated heterocycles. The van der Waals surface area contributed by atoms with Gasteiger partial charge in [-0.05, 0) is 81.6 Å². The molecule has 9 aromatic rings. The van der Waals surface area contributed by atoms with Gasteiger partial charge in [0, 0.05) is 32.7 Å². The number of fused-ring (bicyclic) bond motifs is 14. The molecule has 0 fully saturated rings. The van der Waals surface area contributed by atoms with Gasteiger partial charge in [0.2, 0.25) is 0 Å². The molecule has 234 valence electrons. The maximum absolute atomic E-state index is 5.98. The Hall–Kier alpha value is -6.13. The average Bonchev–Trinajstić information content (AvgIpc) is 3.78. The van der Waals surface area contributed by atoms with Gasteiger partial charge in [-0.3, -0.25) is 4.57 Å². The lowest BCUT2D eigenvalue weighted by Crippen LogP contribution is -2.32. The Labute approximate surface area is 287 Å². The quantitative estimate of drug-likeness (QED) is 0.153. The van der Waals surface area contributed by atoms with E-state index < -0.39 is 5.79 Å². The number of aryl methyl sites for hydroxylation is 4. The minimum Gasteiger partial charge on any atom is -0.275 e. The predicted molar refractivity (Wildman–Crippen MR) is 202 cm³/mol. The van der Waals surface area contributed by atoms with Crippen LogP contribution in [0.15, 0.2) is 143 Å². The smallest absolute Gasteiger partial charge is 0.261 e. The zero-order valence-corrected chi connectivity index (χ0v) is 27.3. The highest BCUT2D eigenvalue weighted by Gasteiger charge is 2.44. The average molecular weight is 639 g/mol. The molecule has 3 aliphatic heterocycles. The largest absolute Gasteiger partial charge is 0.275 e. The molecule has 0 atom stereocenters. The van der Waals surface area contributed by atoms with E-state index in [2.05, 4.69) is 138 Å². The van der Waals surface area contributed by atoms with Crippen LogP contribution in [0, 0.1) is 0 Å². The van der Waals surface area contributed by atoms with Crippen molar-refractivity contribution in [2.24, 2.45) is 9.98 Å². The van der Waals surface area contributed by atoms with Crippen LogP contribution in [0.4, 0.5) is 0 Å². The predicted octanol–water partition coefficient (Wildman–Crippen LogP) is 9.12.